The van der Waals surface area contributed by atoms with E-state index in [4.69, 9.17) is 4.74 Å². The standard InChI is InChI=1S/C33H39N7O4/c1-32(2,3)44-31(42)35-18-22-5-9-25(10-6-22)29-27-28(37-38(29)4)30(41)40(21-36-27)20-33(43)12-15-39(16-13-33)19-23-7-8-24-11-14-34-26(24)17-23/h5-11,14,17,21,34,43H,12-13,15-16,18-20H2,1-4H3,(H,35,42). The summed E-state index contributed by atoms with van der Waals surface area (Å²) in [7, 11) is 1.79. The van der Waals surface area contributed by atoms with Crippen molar-refractivity contribution in [1.29, 1.82) is 0 Å². The summed E-state index contributed by atoms with van der Waals surface area (Å²) in [4.78, 5) is 35.7. The van der Waals surface area contributed by atoms with E-state index in [1.807, 2.05) is 51.2 Å². The zero-order valence-corrected chi connectivity index (χ0v) is 25.6. The van der Waals surface area contributed by atoms with E-state index in [0.29, 0.717) is 24.9 Å². The maximum Gasteiger partial charge on any atom is 0.407 e. The monoisotopic (exact) mass is 597 g/mol. The van der Waals surface area contributed by atoms with E-state index in [-0.39, 0.29) is 17.6 Å². The molecule has 0 radical (unpaired) electrons. The Morgan fingerprint density at radius 2 is 1.80 bits per heavy atom. The van der Waals surface area contributed by atoms with Gasteiger partial charge >= 0.3 is 6.09 Å². The predicted molar refractivity (Wildman–Crippen MR) is 169 cm³/mol. The van der Waals surface area contributed by atoms with Gasteiger partial charge in [-0.15, -0.1) is 0 Å². The van der Waals surface area contributed by atoms with E-state index in [2.05, 4.69) is 49.5 Å². The maximum absolute atomic E-state index is 13.5. The predicted octanol–water partition coefficient (Wildman–Crippen LogP) is 4.33. The van der Waals surface area contributed by atoms with E-state index in [1.165, 1.54) is 21.8 Å². The van der Waals surface area contributed by atoms with Gasteiger partial charge in [-0.05, 0) is 62.3 Å². The summed E-state index contributed by atoms with van der Waals surface area (Å²) in [5.74, 6) is 0. The third kappa shape index (κ3) is 6.39. The number of ether oxygens (including phenoxy) is 1. The molecule has 1 amide bonds. The largest absolute Gasteiger partial charge is 0.444 e. The lowest BCUT2D eigenvalue weighted by molar-refractivity contribution is -0.0364. The summed E-state index contributed by atoms with van der Waals surface area (Å²) in [6, 6.07) is 16.2. The molecule has 1 aliphatic heterocycles. The molecule has 0 bridgehead atoms. The van der Waals surface area contributed by atoms with Crippen molar-refractivity contribution in [2.45, 2.75) is 64.4 Å². The molecule has 2 aromatic carbocycles. The number of hydrogen-bond donors (Lipinski definition) is 3. The summed E-state index contributed by atoms with van der Waals surface area (Å²) in [5, 5.41) is 19.9. The highest BCUT2D eigenvalue weighted by Gasteiger charge is 2.33. The van der Waals surface area contributed by atoms with E-state index >= 15 is 0 Å². The minimum absolute atomic E-state index is 0.169. The van der Waals surface area contributed by atoms with Gasteiger partial charge in [-0.25, -0.2) is 9.78 Å². The number of fused-ring (bicyclic) bond motifs is 2. The van der Waals surface area contributed by atoms with Gasteiger partial charge in [0.05, 0.1) is 24.2 Å². The second-order valence-corrected chi connectivity index (χ2v) is 12.8. The Morgan fingerprint density at radius 3 is 2.52 bits per heavy atom. The normalized spacial score (nSPS) is 15.6. The van der Waals surface area contributed by atoms with Crippen molar-refractivity contribution in [2.75, 3.05) is 13.1 Å². The fourth-order valence-corrected chi connectivity index (χ4v) is 5.85. The molecule has 1 fully saturated rings. The number of nitrogens with one attached hydrogen (secondary N) is 2. The van der Waals surface area contributed by atoms with Crippen molar-refractivity contribution >= 4 is 28.0 Å². The topological polar surface area (TPSA) is 130 Å². The van der Waals surface area contributed by atoms with Gasteiger partial charge < -0.3 is 20.1 Å². The number of benzene rings is 2. The van der Waals surface area contributed by atoms with Crippen LogP contribution in [0.15, 0.2) is 65.8 Å². The molecule has 11 nitrogen and oxygen atoms in total. The van der Waals surface area contributed by atoms with Crippen molar-refractivity contribution in [2.24, 2.45) is 7.05 Å². The fraction of sp³-hybridized carbons (Fsp3) is 0.394. The second-order valence-electron chi connectivity index (χ2n) is 12.8. The first-order valence-corrected chi connectivity index (χ1v) is 15.0. The summed E-state index contributed by atoms with van der Waals surface area (Å²) < 4.78 is 8.44. The molecule has 44 heavy (non-hydrogen) atoms. The molecule has 6 rings (SSSR count). The highest BCUT2D eigenvalue weighted by Crippen LogP contribution is 2.28. The van der Waals surface area contributed by atoms with Crippen LogP contribution in [0.3, 0.4) is 0 Å². The number of amides is 1. The number of carbonyl (C=O) groups excluding carboxylic acids is 1. The average Bonchev–Trinajstić information content (AvgIpc) is 3.58. The lowest BCUT2D eigenvalue weighted by atomic mass is 9.91. The molecule has 1 aliphatic rings. The van der Waals surface area contributed by atoms with Gasteiger partial charge in [0.15, 0.2) is 5.52 Å². The lowest BCUT2D eigenvalue weighted by Crippen LogP contribution is -2.47. The minimum Gasteiger partial charge on any atom is -0.444 e. The van der Waals surface area contributed by atoms with Crippen LogP contribution in [0, 0.1) is 0 Å². The van der Waals surface area contributed by atoms with Crippen molar-refractivity contribution in [3.05, 3.63) is 82.5 Å². The average molecular weight is 598 g/mol. The van der Waals surface area contributed by atoms with Gasteiger partial charge in [0.1, 0.15) is 11.1 Å². The minimum atomic E-state index is -1.00. The van der Waals surface area contributed by atoms with Crippen LogP contribution in [0.2, 0.25) is 0 Å². The molecule has 3 N–H and O–H groups in total. The van der Waals surface area contributed by atoms with Gasteiger partial charge in [0.25, 0.3) is 5.56 Å². The number of nitrogens with zero attached hydrogens (tertiary/aromatic N) is 5. The van der Waals surface area contributed by atoms with Crippen molar-refractivity contribution < 1.29 is 14.6 Å². The van der Waals surface area contributed by atoms with E-state index in [0.717, 1.165) is 42.0 Å². The molecule has 0 saturated carbocycles. The molecule has 1 saturated heterocycles. The van der Waals surface area contributed by atoms with Crippen LogP contribution in [0.25, 0.3) is 33.2 Å². The third-order valence-electron chi connectivity index (χ3n) is 8.15. The smallest absolute Gasteiger partial charge is 0.407 e. The zero-order valence-electron chi connectivity index (χ0n) is 25.6. The Balaban J connectivity index is 1.11. The number of carbonyl (C=O) groups is 1. The van der Waals surface area contributed by atoms with Crippen molar-refractivity contribution in [3.63, 3.8) is 0 Å². The number of likely N-dealkylation sites (tertiary alicyclic amines) is 1. The summed E-state index contributed by atoms with van der Waals surface area (Å²) in [6.45, 7) is 8.25. The highest BCUT2D eigenvalue weighted by atomic mass is 16.6. The number of H-pyrrole nitrogens is 1. The molecular formula is C33H39N7O4. The number of rotatable bonds is 7. The third-order valence-corrected chi connectivity index (χ3v) is 8.15. The van der Waals surface area contributed by atoms with E-state index in [9.17, 15) is 14.7 Å². The first kappa shape index (κ1) is 29.6. The van der Waals surface area contributed by atoms with Crippen LogP contribution in [0.1, 0.15) is 44.7 Å². The number of piperidine rings is 1. The number of aromatic nitrogens is 5. The molecule has 0 aliphatic carbocycles. The van der Waals surface area contributed by atoms with Crippen LogP contribution in [-0.2, 0) is 31.4 Å². The number of aromatic amines is 1. The summed E-state index contributed by atoms with van der Waals surface area (Å²) >= 11 is 0. The molecule has 3 aromatic heterocycles. The van der Waals surface area contributed by atoms with Crippen molar-refractivity contribution in [3.8, 4) is 11.3 Å². The lowest BCUT2D eigenvalue weighted by Gasteiger charge is -2.38. The van der Waals surface area contributed by atoms with Gasteiger partial charge in [-0.2, -0.15) is 5.10 Å². The van der Waals surface area contributed by atoms with E-state index < -0.39 is 17.3 Å². The Labute approximate surface area is 255 Å². The molecule has 0 spiro atoms. The summed E-state index contributed by atoms with van der Waals surface area (Å²) in [6.07, 6.45) is 4.11. The van der Waals surface area contributed by atoms with Gasteiger partial charge in [-0.1, -0.05) is 36.4 Å². The van der Waals surface area contributed by atoms with Crippen LogP contribution >= 0.6 is 0 Å². The van der Waals surface area contributed by atoms with Crippen LogP contribution in [0.4, 0.5) is 4.79 Å². The number of aliphatic hydroxyl groups is 1. The molecule has 4 heterocycles. The molecule has 0 atom stereocenters. The first-order chi connectivity index (χ1) is 21.0. The Hall–Kier alpha value is -4.48. The Morgan fingerprint density at radius 1 is 1.07 bits per heavy atom. The van der Waals surface area contributed by atoms with E-state index in [1.54, 1.807) is 11.7 Å². The van der Waals surface area contributed by atoms with Gasteiger partial charge in [0.2, 0.25) is 0 Å². The van der Waals surface area contributed by atoms with Gasteiger partial charge in [0, 0.05) is 50.5 Å². The SMILES string of the molecule is Cn1nc2c(=O)n(CC3(O)CCN(Cc4ccc5cc[nH]c5c4)CC3)cnc2c1-c1ccc(CNC(=O)OC(C)(C)C)cc1. The molecule has 0 unspecified atom stereocenters. The van der Waals surface area contributed by atoms with Crippen molar-refractivity contribution in [1.82, 2.24) is 34.5 Å². The number of hydrogen-bond acceptors (Lipinski definition) is 7. The Kier molecular flexibility index (Phi) is 7.77. The van der Waals surface area contributed by atoms with Crippen LogP contribution in [-0.4, -0.2) is 64.7 Å². The highest BCUT2D eigenvalue weighted by molar-refractivity contribution is 5.89. The zero-order chi connectivity index (χ0) is 31.1. The van der Waals surface area contributed by atoms with Gasteiger partial charge in [-0.3, -0.25) is 18.9 Å². The molecular weight excluding hydrogens is 558 g/mol. The molecule has 230 valence electrons. The quantitative estimate of drug-likeness (QED) is 0.255. The second kappa shape index (κ2) is 11.5. The fourth-order valence-electron chi connectivity index (χ4n) is 5.85. The van der Waals surface area contributed by atoms with Crippen LogP contribution < -0.4 is 10.9 Å². The first-order valence-electron chi connectivity index (χ1n) is 15.0. The van der Waals surface area contributed by atoms with Crippen LogP contribution in [0.5, 0.6) is 0 Å². The number of aryl methyl sites for hydroxylation is 1. The Bertz CT molecular complexity index is 1860. The summed E-state index contributed by atoms with van der Waals surface area (Å²) in [5.41, 5.74) is 3.77. The maximum atomic E-state index is 13.5. The number of alkyl carbamates (subject to hydrolysis) is 1. The molecule has 11 heteroatoms. The molecule has 5 aromatic rings.